The number of carboxylic acids is 1. The number of aromatic carboxylic acids is 1. The third kappa shape index (κ3) is 3.67. The summed E-state index contributed by atoms with van der Waals surface area (Å²) in [6.07, 6.45) is 0. The van der Waals surface area contributed by atoms with E-state index in [0.29, 0.717) is 5.02 Å². The van der Waals surface area contributed by atoms with E-state index in [-0.39, 0.29) is 26.9 Å². The monoisotopic (exact) mass is 344 g/mol. The molecule has 0 heterocycles. The SMILES string of the molecule is O=C(Oc1ccc(Cl)cc1C(=O)O)c1ccc(Cl)cc1Cl. The van der Waals surface area contributed by atoms with Gasteiger partial charge in [0.1, 0.15) is 11.3 Å². The molecule has 2 rings (SSSR count). The summed E-state index contributed by atoms with van der Waals surface area (Å²) in [5, 5.41) is 9.77. The molecule has 0 aliphatic rings. The van der Waals surface area contributed by atoms with E-state index in [1.807, 2.05) is 0 Å². The van der Waals surface area contributed by atoms with Crippen molar-refractivity contribution in [3.05, 3.63) is 62.6 Å². The van der Waals surface area contributed by atoms with Gasteiger partial charge in [-0.1, -0.05) is 34.8 Å². The number of esters is 1. The summed E-state index contributed by atoms with van der Waals surface area (Å²) >= 11 is 17.4. The lowest BCUT2D eigenvalue weighted by molar-refractivity contribution is 0.0681. The van der Waals surface area contributed by atoms with Crippen molar-refractivity contribution in [2.75, 3.05) is 0 Å². The normalized spacial score (nSPS) is 10.2. The Morgan fingerprint density at radius 3 is 2.14 bits per heavy atom. The van der Waals surface area contributed by atoms with Gasteiger partial charge in [0.2, 0.25) is 0 Å². The van der Waals surface area contributed by atoms with E-state index < -0.39 is 11.9 Å². The van der Waals surface area contributed by atoms with Crippen LogP contribution in [0, 0.1) is 0 Å². The highest BCUT2D eigenvalue weighted by Crippen LogP contribution is 2.26. The summed E-state index contributed by atoms with van der Waals surface area (Å²) in [6, 6.07) is 8.16. The third-order valence-corrected chi connectivity index (χ3v) is 3.31. The summed E-state index contributed by atoms with van der Waals surface area (Å²) in [6.45, 7) is 0. The van der Waals surface area contributed by atoms with Crippen LogP contribution in [0.2, 0.25) is 15.1 Å². The van der Waals surface area contributed by atoms with Crippen molar-refractivity contribution in [3.8, 4) is 5.75 Å². The fourth-order valence-electron chi connectivity index (χ4n) is 1.57. The second kappa shape index (κ2) is 6.35. The molecule has 0 amide bonds. The van der Waals surface area contributed by atoms with Gasteiger partial charge in [0, 0.05) is 10.0 Å². The number of carbonyl (C=O) groups excluding carboxylic acids is 1. The molecule has 2 aromatic rings. The molecule has 1 N–H and O–H groups in total. The molecule has 2 aromatic carbocycles. The van der Waals surface area contributed by atoms with Crippen LogP contribution in [-0.2, 0) is 0 Å². The van der Waals surface area contributed by atoms with E-state index in [1.165, 1.54) is 36.4 Å². The summed E-state index contributed by atoms with van der Waals surface area (Å²) in [5.41, 5.74) is -0.145. The lowest BCUT2D eigenvalue weighted by Crippen LogP contribution is -2.12. The van der Waals surface area contributed by atoms with Crippen LogP contribution in [-0.4, -0.2) is 17.0 Å². The Morgan fingerprint density at radius 2 is 1.52 bits per heavy atom. The Labute approximate surface area is 134 Å². The first-order valence-corrected chi connectivity index (χ1v) is 6.72. The molecule has 0 bridgehead atoms. The maximum absolute atomic E-state index is 12.0. The van der Waals surface area contributed by atoms with Gasteiger partial charge in [0.25, 0.3) is 0 Å². The minimum Gasteiger partial charge on any atom is -0.478 e. The van der Waals surface area contributed by atoms with Crippen molar-refractivity contribution in [3.63, 3.8) is 0 Å². The van der Waals surface area contributed by atoms with Crippen LogP contribution in [0.5, 0.6) is 5.75 Å². The summed E-state index contributed by atoms with van der Waals surface area (Å²) < 4.78 is 5.06. The predicted octanol–water partition coefficient (Wildman–Crippen LogP) is 4.56. The molecular weight excluding hydrogens is 339 g/mol. The van der Waals surface area contributed by atoms with Crippen molar-refractivity contribution < 1.29 is 19.4 Å². The number of hydrogen-bond donors (Lipinski definition) is 1. The third-order valence-electron chi connectivity index (χ3n) is 2.53. The molecule has 0 unspecified atom stereocenters. The van der Waals surface area contributed by atoms with Crippen molar-refractivity contribution >= 4 is 46.7 Å². The van der Waals surface area contributed by atoms with Crippen LogP contribution in [0.4, 0.5) is 0 Å². The highest BCUT2D eigenvalue weighted by Gasteiger charge is 2.18. The smallest absolute Gasteiger partial charge is 0.345 e. The Balaban J connectivity index is 2.34. The van der Waals surface area contributed by atoms with Gasteiger partial charge in [-0.15, -0.1) is 0 Å². The number of benzene rings is 2. The number of carbonyl (C=O) groups is 2. The zero-order chi connectivity index (χ0) is 15.6. The standard InChI is InChI=1S/C14H7Cl3O4/c15-7-2-4-12(10(5-7)13(18)19)21-14(20)9-3-1-8(16)6-11(9)17/h1-6H,(H,18,19). The van der Waals surface area contributed by atoms with E-state index in [2.05, 4.69) is 0 Å². The van der Waals surface area contributed by atoms with Gasteiger partial charge in [0.05, 0.1) is 10.6 Å². The molecule has 0 atom stereocenters. The Hall–Kier alpha value is -1.75. The molecule has 0 aromatic heterocycles. The number of halogens is 3. The highest BCUT2D eigenvalue weighted by molar-refractivity contribution is 6.36. The molecule has 0 fully saturated rings. The van der Waals surface area contributed by atoms with Gasteiger partial charge in [-0.2, -0.15) is 0 Å². The van der Waals surface area contributed by atoms with Crippen molar-refractivity contribution in [2.24, 2.45) is 0 Å². The zero-order valence-corrected chi connectivity index (χ0v) is 12.5. The average molecular weight is 346 g/mol. The van der Waals surface area contributed by atoms with Crippen molar-refractivity contribution in [1.82, 2.24) is 0 Å². The molecule has 7 heteroatoms. The lowest BCUT2D eigenvalue weighted by Gasteiger charge is -2.09. The summed E-state index contributed by atoms with van der Waals surface area (Å²) in [4.78, 5) is 23.1. The predicted molar refractivity (Wildman–Crippen MR) is 79.8 cm³/mol. The number of hydrogen-bond acceptors (Lipinski definition) is 3. The molecular formula is C14H7Cl3O4. The zero-order valence-electron chi connectivity index (χ0n) is 10.3. The molecule has 0 spiro atoms. The van der Waals surface area contributed by atoms with Crippen LogP contribution >= 0.6 is 34.8 Å². The fraction of sp³-hybridized carbons (Fsp3) is 0. The molecule has 0 saturated carbocycles. The minimum absolute atomic E-state index is 0.0763. The van der Waals surface area contributed by atoms with E-state index in [1.54, 1.807) is 0 Å². The summed E-state index contributed by atoms with van der Waals surface area (Å²) in [5.74, 6) is -2.17. The van der Waals surface area contributed by atoms with E-state index >= 15 is 0 Å². The van der Waals surface area contributed by atoms with Crippen LogP contribution in [0.3, 0.4) is 0 Å². The molecule has 0 saturated heterocycles. The van der Waals surface area contributed by atoms with Crippen LogP contribution < -0.4 is 4.74 Å². The van der Waals surface area contributed by atoms with Crippen LogP contribution in [0.1, 0.15) is 20.7 Å². The Morgan fingerprint density at radius 1 is 0.905 bits per heavy atom. The maximum Gasteiger partial charge on any atom is 0.345 e. The molecule has 0 aliphatic heterocycles. The second-order valence-electron chi connectivity index (χ2n) is 3.96. The quantitative estimate of drug-likeness (QED) is 0.654. The fourth-order valence-corrected chi connectivity index (χ4v) is 2.23. The van der Waals surface area contributed by atoms with Gasteiger partial charge in [-0.3, -0.25) is 0 Å². The van der Waals surface area contributed by atoms with E-state index in [4.69, 9.17) is 44.6 Å². The maximum atomic E-state index is 12.0. The molecule has 21 heavy (non-hydrogen) atoms. The number of ether oxygens (including phenoxy) is 1. The van der Waals surface area contributed by atoms with Gasteiger partial charge in [-0.05, 0) is 36.4 Å². The number of rotatable bonds is 3. The number of carboxylic acid groups (broad SMARTS) is 1. The average Bonchev–Trinajstić information content (AvgIpc) is 2.40. The lowest BCUT2D eigenvalue weighted by atomic mass is 10.2. The Bertz CT molecular complexity index is 728. The summed E-state index contributed by atoms with van der Waals surface area (Å²) in [7, 11) is 0. The molecule has 0 radical (unpaired) electrons. The van der Waals surface area contributed by atoms with Gasteiger partial charge >= 0.3 is 11.9 Å². The van der Waals surface area contributed by atoms with Crippen molar-refractivity contribution in [2.45, 2.75) is 0 Å². The van der Waals surface area contributed by atoms with Gasteiger partial charge < -0.3 is 9.84 Å². The topological polar surface area (TPSA) is 63.6 Å². The van der Waals surface area contributed by atoms with Gasteiger partial charge in [0.15, 0.2) is 0 Å². The highest BCUT2D eigenvalue weighted by atomic mass is 35.5. The minimum atomic E-state index is -1.26. The molecule has 0 aliphatic carbocycles. The van der Waals surface area contributed by atoms with Crippen LogP contribution in [0.25, 0.3) is 0 Å². The van der Waals surface area contributed by atoms with Crippen molar-refractivity contribution in [1.29, 1.82) is 0 Å². The van der Waals surface area contributed by atoms with Crippen LogP contribution in [0.15, 0.2) is 36.4 Å². The molecule has 108 valence electrons. The Kier molecular flexibility index (Phi) is 4.73. The van der Waals surface area contributed by atoms with Gasteiger partial charge in [-0.25, -0.2) is 9.59 Å². The first kappa shape index (κ1) is 15.6. The van der Waals surface area contributed by atoms with E-state index in [0.717, 1.165) is 0 Å². The molecule has 4 nitrogen and oxygen atoms in total. The largest absolute Gasteiger partial charge is 0.478 e. The second-order valence-corrected chi connectivity index (χ2v) is 5.24. The van der Waals surface area contributed by atoms with E-state index in [9.17, 15) is 9.59 Å². The first-order valence-electron chi connectivity index (χ1n) is 5.58. The first-order chi connectivity index (χ1) is 9.88.